The maximum absolute atomic E-state index is 9.46. The highest BCUT2D eigenvalue weighted by Crippen LogP contribution is 1.90. The van der Waals surface area contributed by atoms with E-state index in [0.29, 0.717) is 38.0 Å². The van der Waals surface area contributed by atoms with Crippen LogP contribution in [0.1, 0.15) is 27.7 Å². The molecule has 0 fully saturated rings. The second kappa shape index (κ2) is 14.2. The van der Waals surface area contributed by atoms with Gasteiger partial charge in [-0.05, 0) is 26.0 Å². The normalized spacial score (nSPS) is 11.7. The van der Waals surface area contributed by atoms with E-state index >= 15 is 0 Å². The molecule has 0 saturated heterocycles. The summed E-state index contributed by atoms with van der Waals surface area (Å²) < 4.78 is 5.27. The van der Waals surface area contributed by atoms with Crippen LogP contribution in [0, 0.1) is 0 Å². The summed E-state index contributed by atoms with van der Waals surface area (Å²) >= 11 is 0. The van der Waals surface area contributed by atoms with Crippen LogP contribution < -0.4 is 15.5 Å². The topological polar surface area (TPSA) is 122 Å². The Morgan fingerprint density at radius 2 is 1.68 bits per heavy atom. The third-order valence-electron chi connectivity index (χ3n) is 2.04. The number of hydrogen-bond donors (Lipinski definition) is 2. The summed E-state index contributed by atoms with van der Waals surface area (Å²) in [5.74, 6) is -3.09. The molecule has 2 N–H and O–H groups in total. The molecule has 0 aromatic heterocycles. The number of ether oxygens (including phenoxy) is 1. The summed E-state index contributed by atoms with van der Waals surface area (Å²) in [6.07, 6.45) is 2.36. The monoisotopic (exact) mass is 315 g/mol. The van der Waals surface area contributed by atoms with E-state index in [9.17, 15) is 24.9 Å². The van der Waals surface area contributed by atoms with Crippen molar-refractivity contribution in [1.82, 2.24) is 5.32 Å². The molecular weight excluding hydrogens is 290 g/mol. The Labute approximate surface area is 131 Å². The van der Waals surface area contributed by atoms with Gasteiger partial charge in [-0.15, -0.1) is 0 Å². The van der Waals surface area contributed by atoms with Crippen LogP contribution in [0.15, 0.2) is 23.8 Å². The summed E-state index contributed by atoms with van der Waals surface area (Å²) in [5, 5.41) is 31.4. The molecule has 0 aliphatic carbocycles. The van der Waals surface area contributed by atoms with E-state index in [-0.39, 0.29) is 0 Å². The molecule has 22 heavy (non-hydrogen) atoms. The molecule has 0 aliphatic heterocycles. The standard InChI is InChI=1S/C11H23NO2.C4H4O4/c1-9(2)5-6-14-8-11(13)7-12-10(3)4;5-3(6)1-2-4(7)8/h5,10-13H,6-8H2,1-4H3;1-2H,(H,5,6)(H,7,8)/p-2/b;2-1+. The van der Waals surface area contributed by atoms with E-state index in [2.05, 4.69) is 19.2 Å². The van der Waals surface area contributed by atoms with Gasteiger partial charge in [-0.25, -0.2) is 0 Å². The van der Waals surface area contributed by atoms with E-state index in [0.717, 1.165) is 0 Å². The van der Waals surface area contributed by atoms with E-state index in [4.69, 9.17) is 4.74 Å². The second-order valence-electron chi connectivity index (χ2n) is 5.01. The lowest BCUT2D eigenvalue weighted by molar-refractivity contribution is -0.301. The molecule has 0 aromatic carbocycles. The van der Waals surface area contributed by atoms with Gasteiger partial charge in [-0.1, -0.05) is 25.5 Å². The zero-order valence-electron chi connectivity index (χ0n) is 13.5. The SMILES string of the molecule is CC(C)=CCOCC(O)CNC(C)C.O=C([O-])/C=C/C(=O)[O-]. The lowest BCUT2D eigenvalue weighted by Gasteiger charge is -2.13. The van der Waals surface area contributed by atoms with E-state index in [1.165, 1.54) is 5.57 Å². The van der Waals surface area contributed by atoms with Crippen molar-refractivity contribution in [1.29, 1.82) is 0 Å². The minimum Gasteiger partial charge on any atom is -0.545 e. The number of hydrogen-bond acceptors (Lipinski definition) is 7. The zero-order valence-corrected chi connectivity index (χ0v) is 13.5. The molecule has 1 unspecified atom stereocenters. The van der Waals surface area contributed by atoms with Crippen LogP contribution in [0.2, 0.25) is 0 Å². The summed E-state index contributed by atoms with van der Waals surface area (Å²) in [6, 6.07) is 0.405. The predicted octanol–water partition coefficient (Wildman–Crippen LogP) is -1.63. The molecule has 0 aliphatic rings. The largest absolute Gasteiger partial charge is 0.545 e. The fraction of sp³-hybridized carbons (Fsp3) is 0.600. The zero-order chi connectivity index (χ0) is 17.5. The molecule has 1 atom stereocenters. The maximum Gasteiger partial charge on any atom is 0.0897 e. The van der Waals surface area contributed by atoms with Crippen molar-refractivity contribution >= 4 is 11.9 Å². The van der Waals surface area contributed by atoms with Gasteiger partial charge in [0.2, 0.25) is 0 Å². The minimum atomic E-state index is -1.55. The van der Waals surface area contributed by atoms with Crippen LogP contribution in [0.5, 0.6) is 0 Å². The summed E-state index contributed by atoms with van der Waals surface area (Å²) in [6.45, 7) is 9.73. The van der Waals surface area contributed by atoms with Gasteiger partial charge in [0.25, 0.3) is 0 Å². The Kier molecular flexibility index (Phi) is 14.6. The highest BCUT2D eigenvalue weighted by molar-refractivity contribution is 5.87. The van der Waals surface area contributed by atoms with Gasteiger partial charge in [-0.2, -0.15) is 0 Å². The average molecular weight is 315 g/mol. The first-order valence-electron chi connectivity index (χ1n) is 6.87. The molecule has 0 aromatic rings. The van der Waals surface area contributed by atoms with Gasteiger partial charge in [0.05, 0.1) is 31.3 Å². The highest BCUT2D eigenvalue weighted by Gasteiger charge is 2.03. The van der Waals surface area contributed by atoms with E-state index in [1.807, 2.05) is 19.9 Å². The molecule has 0 amide bonds. The number of nitrogens with one attached hydrogen (secondary N) is 1. The van der Waals surface area contributed by atoms with Crippen molar-refractivity contribution in [2.75, 3.05) is 19.8 Å². The van der Waals surface area contributed by atoms with Crippen molar-refractivity contribution in [2.24, 2.45) is 0 Å². The molecule has 0 radical (unpaired) electrons. The van der Waals surface area contributed by atoms with Gasteiger partial charge >= 0.3 is 0 Å². The number of aliphatic hydroxyl groups is 1. The molecule has 0 rings (SSSR count). The van der Waals surface area contributed by atoms with Gasteiger partial charge in [-0.3, -0.25) is 0 Å². The smallest absolute Gasteiger partial charge is 0.0897 e. The first-order valence-corrected chi connectivity index (χ1v) is 6.87. The van der Waals surface area contributed by atoms with Gasteiger partial charge in [0.1, 0.15) is 0 Å². The van der Waals surface area contributed by atoms with Crippen molar-refractivity contribution < 1.29 is 29.6 Å². The Balaban J connectivity index is 0. The van der Waals surface area contributed by atoms with Crippen molar-refractivity contribution in [3.8, 4) is 0 Å². The van der Waals surface area contributed by atoms with E-state index in [1.54, 1.807) is 0 Å². The van der Waals surface area contributed by atoms with Crippen molar-refractivity contribution in [3.05, 3.63) is 23.8 Å². The molecule has 0 heterocycles. The fourth-order valence-electron chi connectivity index (χ4n) is 0.996. The predicted molar refractivity (Wildman–Crippen MR) is 78.5 cm³/mol. The van der Waals surface area contributed by atoms with Gasteiger partial charge < -0.3 is 35.0 Å². The van der Waals surface area contributed by atoms with Crippen LogP contribution >= 0.6 is 0 Å². The molecule has 7 heteroatoms. The number of carboxylic acid groups (broad SMARTS) is 2. The van der Waals surface area contributed by atoms with Gasteiger partial charge in [0.15, 0.2) is 0 Å². The number of carboxylic acids is 2. The summed E-state index contributed by atoms with van der Waals surface area (Å²) in [4.78, 5) is 18.8. The second-order valence-corrected chi connectivity index (χ2v) is 5.01. The first-order chi connectivity index (χ1) is 10.1. The first kappa shape index (κ1) is 22.6. The molecular formula is C15H25NO6-2. The number of carbonyl (C=O) groups excluding carboxylic acids is 2. The number of allylic oxidation sites excluding steroid dienone is 1. The average Bonchev–Trinajstić information content (AvgIpc) is 2.39. The Morgan fingerprint density at radius 3 is 2.05 bits per heavy atom. The third kappa shape index (κ3) is 23.4. The Hall–Kier alpha value is -1.70. The third-order valence-corrected chi connectivity index (χ3v) is 2.04. The summed E-state index contributed by atoms with van der Waals surface area (Å²) in [5.41, 5.74) is 1.24. The Bertz CT molecular complexity index is 356. The van der Waals surface area contributed by atoms with Crippen LogP contribution in [0.3, 0.4) is 0 Å². The van der Waals surface area contributed by atoms with Gasteiger partial charge in [0, 0.05) is 12.6 Å². The van der Waals surface area contributed by atoms with E-state index < -0.39 is 18.0 Å². The van der Waals surface area contributed by atoms with Crippen molar-refractivity contribution in [2.45, 2.75) is 39.8 Å². The molecule has 128 valence electrons. The number of rotatable bonds is 9. The lowest BCUT2D eigenvalue weighted by atomic mass is 10.3. The number of aliphatic hydroxyl groups excluding tert-OH is 1. The van der Waals surface area contributed by atoms with Crippen LogP contribution in [0.25, 0.3) is 0 Å². The molecule has 0 bridgehead atoms. The maximum atomic E-state index is 9.46. The molecule has 7 nitrogen and oxygen atoms in total. The summed E-state index contributed by atoms with van der Waals surface area (Å²) in [7, 11) is 0. The van der Waals surface area contributed by atoms with Crippen LogP contribution in [0.4, 0.5) is 0 Å². The fourth-order valence-corrected chi connectivity index (χ4v) is 0.996. The molecule has 0 spiro atoms. The lowest BCUT2D eigenvalue weighted by Crippen LogP contribution is -2.34. The quantitative estimate of drug-likeness (QED) is 0.297. The minimum absolute atomic E-state index is 0.384. The van der Waals surface area contributed by atoms with Crippen molar-refractivity contribution in [3.63, 3.8) is 0 Å². The molecule has 0 saturated carbocycles. The van der Waals surface area contributed by atoms with Crippen LogP contribution in [-0.4, -0.2) is 48.9 Å². The Morgan fingerprint density at radius 1 is 1.18 bits per heavy atom. The number of carbonyl (C=O) groups is 2. The van der Waals surface area contributed by atoms with Crippen LogP contribution in [-0.2, 0) is 14.3 Å². The number of aliphatic carboxylic acids is 2. The highest BCUT2D eigenvalue weighted by atomic mass is 16.5.